The molecule has 1 aromatic heterocycles. The van der Waals surface area contributed by atoms with E-state index in [4.69, 9.17) is 0 Å². The molecule has 2 fully saturated rings. The second-order valence-corrected chi connectivity index (χ2v) is 8.05. The SMILES string of the molecule is O=C(c1n[nH]c2c1CCCC2)N1[C@@H]2CC[C@H]1C[C@@H](c1ccc(F)cc1)C2. The minimum Gasteiger partial charge on any atom is -0.331 e. The lowest BCUT2D eigenvalue weighted by molar-refractivity contribution is 0.0564. The van der Waals surface area contributed by atoms with Gasteiger partial charge in [-0.25, -0.2) is 4.39 Å². The molecule has 2 bridgehead atoms. The number of H-pyrrole nitrogens is 1. The summed E-state index contributed by atoms with van der Waals surface area (Å²) >= 11 is 0. The molecule has 136 valence electrons. The summed E-state index contributed by atoms with van der Waals surface area (Å²) in [7, 11) is 0. The number of amides is 1. The average Bonchev–Trinajstić information content (AvgIpc) is 3.20. The fourth-order valence-electron chi connectivity index (χ4n) is 5.30. The van der Waals surface area contributed by atoms with E-state index in [-0.39, 0.29) is 23.8 Å². The van der Waals surface area contributed by atoms with Crippen molar-refractivity contribution in [3.8, 4) is 0 Å². The zero-order chi connectivity index (χ0) is 17.7. The van der Waals surface area contributed by atoms with Crippen LogP contribution in [0.2, 0.25) is 0 Å². The predicted molar refractivity (Wildman–Crippen MR) is 96.6 cm³/mol. The monoisotopic (exact) mass is 353 g/mol. The van der Waals surface area contributed by atoms with Gasteiger partial charge in [-0.3, -0.25) is 9.89 Å². The molecule has 3 heterocycles. The summed E-state index contributed by atoms with van der Waals surface area (Å²) in [5.41, 5.74) is 4.18. The standard InChI is InChI=1S/C21H24FN3O/c22-15-7-5-13(6-8-15)14-11-16-9-10-17(12-14)25(16)21(26)20-18-3-1-2-4-19(18)23-24-20/h5-8,14,16-17H,1-4,9-12H2,(H,23,24)/t14-,16+,17-. The van der Waals surface area contributed by atoms with Gasteiger partial charge in [0, 0.05) is 23.3 Å². The molecule has 1 aromatic carbocycles. The Hall–Kier alpha value is -2.17. The third-order valence-electron chi connectivity index (χ3n) is 6.57. The molecule has 3 aliphatic rings. The van der Waals surface area contributed by atoms with Crippen LogP contribution in [0, 0.1) is 5.82 Å². The highest BCUT2D eigenvalue weighted by atomic mass is 19.1. The minimum absolute atomic E-state index is 0.120. The Kier molecular flexibility index (Phi) is 3.84. The molecule has 26 heavy (non-hydrogen) atoms. The van der Waals surface area contributed by atoms with Gasteiger partial charge < -0.3 is 4.90 Å². The number of halogens is 1. The topological polar surface area (TPSA) is 49.0 Å². The van der Waals surface area contributed by atoms with Crippen LogP contribution in [0.4, 0.5) is 4.39 Å². The van der Waals surface area contributed by atoms with Crippen LogP contribution in [0.5, 0.6) is 0 Å². The summed E-state index contributed by atoms with van der Waals surface area (Å²) in [6, 6.07) is 7.47. The molecular weight excluding hydrogens is 329 g/mol. The molecular formula is C21H24FN3O. The number of nitrogens with zero attached hydrogens (tertiary/aromatic N) is 2. The van der Waals surface area contributed by atoms with Gasteiger partial charge in [-0.2, -0.15) is 5.10 Å². The maximum Gasteiger partial charge on any atom is 0.275 e. The zero-order valence-electron chi connectivity index (χ0n) is 14.9. The maximum atomic E-state index is 13.3. The lowest BCUT2D eigenvalue weighted by Gasteiger charge is -2.39. The number of aryl methyl sites for hydroxylation is 1. The Morgan fingerprint density at radius 3 is 2.50 bits per heavy atom. The summed E-state index contributed by atoms with van der Waals surface area (Å²) < 4.78 is 13.2. The van der Waals surface area contributed by atoms with Gasteiger partial charge in [0.2, 0.25) is 0 Å². The molecule has 1 aliphatic carbocycles. The molecule has 2 saturated heterocycles. The number of nitrogens with one attached hydrogen (secondary N) is 1. The Morgan fingerprint density at radius 1 is 1.08 bits per heavy atom. The first-order chi connectivity index (χ1) is 12.7. The second kappa shape index (κ2) is 6.22. The first kappa shape index (κ1) is 16.0. The summed E-state index contributed by atoms with van der Waals surface area (Å²) in [6.07, 6.45) is 8.38. The average molecular weight is 353 g/mol. The van der Waals surface area contributed by atoms with E-state index in [1.54, 1.807) is 12.1 Å². The van der Waals surface area contributed by atoms with E-state index in [2.05, 4.69) is 15.1 Å². The first-order valence-electron chi connectivity index (χ1n) is 9.85. The molecule has 0 saturated carbocycles. The number of fused-ring (bicyclic) bond motifs is 3. The van der Waals surface area contributed by atoms with Crippen molar-refractivity contribution in [3.05, 3.63) is 52.6 Å². The van der Waals surface area contributed by atoms with Crippen LogP contribution in [0.15, 0.2) is 24.3 Å². The lowest BCUT2D eigenvalue weighted by Crippen LogP contribution is -2.46. The van der Waals surface area contributed by atoms with Gasteiger partial charge in [-0.15, -0.1) is 0 Å². The van der Waals surface area contributed by atoms with E-state index in [0.29, 0.717) is 11.6 Å². The van der Waals surface area contributed by atoms with Crippen LogP contribution in [0.25, 0.3) is 0 Å². The zero-order valence-corrected chi connectivity index (χ0v) is 14.9. The van der Waals surface area contributed by atoms with E-state index in [1.807, 2.05) is 12.1 Å². The van der Waals surface area contributed by atoms with Crippen LogP contribution >= 0.6 is 0 Å². The summed E-state index contributed by atoms with van der Waals surface area (Å²) in [4.78, 5) is 15.4. The van der Waals surface area contributed by atoms with Gasteiger partial charge in [0.05, 0.1) is 0 Å². The highest BCUT2D eigenvalue weighted by Crippen LogP contribution is 2.44. The summed E-state index contributed by atoms with van der Waals surface area (Å²) in [6.45, 7) is 0. The predicted octanol–water partition coefficient (Wildman–Crippen LogP) is 3.98. The smallest absolute Gasteiger partial charge is 0.275 e. The number of rotatable bonds is 2. The lowest BCUT2D eigenvalue weighted by atomic mass is 9.84. The number of carbonyl (C=O) groups is 1. The van der Waals surface area contributed by atoms with Gasteiger partial charge in [-0.1, -0.05) is 12.1 Å². The molecule has 0 radical (unpaired) electrons. The fourth-order valence-corrected chi connectivity index (χ4v) is 5.30. The molecule has 0 spiro atoms. The van der Waals surface area contributed by atoms with Gasteiger partial charge in [0.15, 0.2) is 5.69 Å². The second-order valence-electron chi connectivity index (χ2n) is 8.05. The summed E-state index contributed by atoms with van der Waals surface area (Å²) in [5, 5.41) is 7.50. The number of aromatic nitrogens is 2. The van der Waals surface area contributed by atoms with Crippen molar-refractivity contribution in [2.45, 2.75) is 69.4 Å². The number of hydrogen-bond acceptors (Lipinski definition) is 2. The van der Waals surface area contributed by atoms with Crippen molar-refractivity contribution < 1.29 is 9.18 Å². The molecule has 2 aliphatic heterocycles. The Morgan fingerprint density at radius 2 is 1.77 bits per heavy atom. The molecule has 2 aromatic rings. The van der Waals surface area contributed by atoms with E-state index in [0.717, 1.165) is 56.2 Å². The van der Waals surface area contributed by atoms with Crippen molar-refractivity contribution in [3.63, 3.8) is 0 Å². The normalized spacial score (nSPS) is 27.4. The Balaban J connectivity index is 1.38. The van der Waals surface area contributed by atoms with E-state index in [1.165, 1.54) is 12.0 Å². The van der Waals surface area contributed by atoms with Gasteiger partial charge >= 0.3 is 0 Å². The van der Waals surface area contributed by atoms with Crippen molar-refractivity contribution in [1.29, 1.82) is 0 Å². The van der Waals surface area contributed by atoms with Crippen LogP contribution in [-0.4, -0.2) is 33.1 Å². The largest absolute Gasteiger partial charge is 0.331 e. The van der Waals surface area contributed by atoms with Crippen LogP contribution in [-0.2, 0) is 12.8 Å². The van der Waals surface area contributed by atoms with Crippen molar-refractivity contribution in [1.82, 2.24) is 15.1 Å². The van der Waals surface area contributed by atoms with Crippen molar-refractivity contribution >= 4 is 5.91 Å². The fraction of sp³-hybridized carbons (Fsp3) is 0.524. The van der Waals surface area contributed by atoms with Crippen LogP contribution in [0.1, 0.15) is 71.8 Å². The van der Waals surface area contributed by atoms with E-state index in [9.17, 15) is 9.18 Å². The van der Waals surface area contributed by atoms with Gasteiger partial charge in [0.25, 0.3) is 5.91 Å². The molecule has 0 unspecified atom stereocenters. The van der Waals surface area contributed by atoms with Gasteiger partial charge in [-0.05, 0) is 75.0 Å². The Labute approximate surface area is 152 Å². The number of hydrogen-bond donors (Lipinski definition) is 1. The Bertz CT molecular complexity index is 814. The van der Waals surface area contributed by atoms with Crippen LogP contribution < -0.4 is 0 Å². The van der Waals surface area contributed by atoms with E-state index >= 15 is 0 Å². The third kappa shape index (κ3) is 2.56. The van der Waals surface area contributed by atoms with Crippen molar-refractivity contribution in [2.75, 3.05) is 0 Å². The quantitative estimate of drug-likeness (QED) is 0.888. The summed E-state index contributed by atoms with van der Waals surface area (Å²) in [5.74, 6) is 0.354. The molecule has 5 rings (SSSR count). The minimum atomic E-state index is -0.187. The van der Waals surface area contributed by atoms with E-state index < -0.39 is 0 Å². The maximum absolute atomic E-state index is 13.3. The number of aromatic amines is 1. The first-order valence-corrected chi connectivity index (χ1v) is 9.85. The molecule has 3 atom stereocenters. The number of piperidine rings is 1. The number of carbonyl (C=O) groups excluding carboxylic acids is 1. The number of benzene rings is 1. The van der Waals surface area contributed by atoms with Crippen LogP contribution in [0.3, 0.4) is 0 Å². The highest BCUT2D eigenvalue weighted by molar-refractivity contribution is 5.94. The molecule has 1 N–H and O–H groups in total. The van der Waals surface area contributed by atoms with Crippen molar-refractivity contribution in [2.24, 2.45) is 0 Å². The highest BCUT2D eigenvalue weighted by Gasteiger charge is 2.44. The molecule has 4 nitrogen and oxygen atoms in total. The third-order valence-corrected chi connectivity index (χ3v) is 6.57. The molecule has 1 amide bonds. The van der Waals surface area contributed by atoms with Gasteiger partial charge in [0.1, 0.15) is 5.82 Å². The molecule has 5 heteroatoms.